The highest BCUT2D eigenvalue weighted by atomic mass is 32.1. The van der Waals surface area contributed by atoms with Crippen molar-refractivity contribution < 1.29 is 0 Å². The molecule has 0 spiro atoms. The molecule has 3 aromatic heterocycles. The molecule has 0 aliphatic carbocycles. The summed E-state index contributed by atoms with van der Waals surface area (Å²) in [5.41, 5.74) is 4.04. The number of benzene rings is 1. The summed E-state index contributed by atoms with van der Waals surface area (Å²) >= 11 is 1.73. The number of hydrogen-bond acceptors (Lipinski definition) is 6. The van der Waals surface area contributed by atoms with Crippen molar-refractivity contribution in [3.63, 3.8) is 0 Å². The maximum absolute atomic E-state index is 4.66. The van der Waals surface area contributed by atoms with E-state index in [-0.39, 0.29) is 0 Å². The van der Waals surface area contributed by atoms with E-state index < -0.39 is 0 Å². The maximum atomic E-state index is 4.66. The predicted molar refractivity (Wildman–Crippen MR) is 114 cm³/mol. The molecule has 1 N–H and O–H groups in total. The zero-order chi connectivity index (χ0) is 19.3. The highest BCUT2D eigenvalue weighted by Gasteiger charge is 2.07. The summed E-state index contributed by atoms with van der Waals surface area (Å²) in [5.74, 6) is 0.575. The SMILES string of the molecule is CN(C)Cc1cccc(Nc2nccc(-c3cnn(Cc4cccs4)c3)n2)c1. The standard InChI is InChI=1S/C21H22N6S/c1-26(2)13-16-5-3-6-18(11-16)24-21-22-9-8-20(25-21)17-12-23-27(14-17)15-19-7-4-10-28-19/h3-12,14H,13,15H2,1-2H3,(H,22,24,25). The first kappa shape index (κ1) is 18.3. The number of anilines is 2. The lowest BCUT2D eigenvalue weighted by Crippen LogP contribution is -2.10. The van der Waals surface area contributed by atoms with Gasteiger partial charge in [0.1, 0.15) is 0 Å². The van der Waals surface area contributed by atoms with Gasteiger partial charge in [-0.2, -0.15) is 5.10 Å². The van der Waals surface area contributed by atoms with Crippen LogP contribution in [0.4, 0.5) is 11.6 Å². The van der Waals surface area contributed by atoms with Crippen molar-refractivity contribution in [1.82, 2.24) is 24.6 Å². The maximum Gasteiger partial charge on any atom is 0.227 e. The molecule has 28 heavy (non-hydrogen) atoms. The fourth-order valence-corrected chi connectivity index (χ4v) is 3.66. The van der Waals surface area contributed by atoms with Gasteiger partial charge < -0.3 is 10.2 Å². The lowest BCUT2D eigenvalue weighted by Gasteiger charge is -2.11. The largest absolute Gasteiger partial charge is 0.324 e. The Kier molecular flexibility index (Phi) is 5.45. The smallest absolute Gasteiger partial charge is 0.227 e. The van der Waals surface area contributed by atoms with Gasteiger partial charge in [-0.15, -0.1) is 11.3 Å². The normalized spacial score (nSPS) is 11.1. The van der Waals surface area contributed by atoms with Gasteiger partial charge >= 0.3 is 0 Å². The van der Waals surface area contributed by atoms with E-state index in [4.69, 9.17) is 0 Å². The van der Waals surface area contributed by atoms with Gasteiger partial charge in [-0.25, -0.2) is 9.97 Å². The van der Waals surface area contributed by atoms with Crippen LogP contribution < -0.4 is 5.32 Å². The van der Waals surface area contributed by atoms with Crippen molar-refractivity contribution in [2.24, 2.45) is 0 Å². The molecule has 0 unspecified atom stereocenters. The van der Waals surface area contributed by atoms with Crippen molar-refractivity contribution in [1.29, 1.82) is 0 Å². The van der Waals surface area contributed by atoms with Crippen LogP contribution in [0.1, 0.15) is 10.4 Å². The van der Waals surface area contributed by atoms with Gasteiger partial charge in [-0.1, -0.05) is 18.2 Å². The second kappa shape index (κ2) is 8.33. The monoisotopic (exact) mass is 390 g/mol. The summed E-state index contributed by atoms with van der Waals surface area (Å²) in [5, 5.41) is 9.84. The lowest BCUT2D eigenvalue weighted by atomic mass is 10.2. The Bertz CT molecular complexity index is 1040. The summed E-state index contributed by atoms with van der Waals surface area (Å²) in [6.07, 6.45) is 5.63. The molecule has 0 bridgehead atoms. The second-order valence-electron chi connectivity index (χ2n) is 6.83. The molecule has 0 fully saturated rings. The average Bonchev–Trinajstić information content (AvgIpc) is 3.34. The van der Waals surface area contributed by atoms with Gasteiger partial charge in [0.2, 0.25) is 5.95 Å². The number of nitrogens with zero attached hydrogens (tertiary/aromatic N) is 5. The molecule has 0 radical (unpaired) electrons. The molecule has 7 heteroatoms. The van der Waals surface area contributed by atoms with E-state index in [0.29, 0.717) is 5.95 Å². The van der Waals surface area contributed by atoms with Crippen LogP contribution in [0.5, 0.6) is 0 Å². The average molecular weight is 391 g/mol. The highest BCUT2D eigenvalue weighted by Crippen LogP contribution is 2.20. The molecule has 0 saturated carbocycles. The number of thiophene rings is 1. The quantitative estimate of drug-likeness (QED) is 0.511. The molecule has 1 aromatic carbocycles. The van der Waals surface area contributed by atoms with Crippen molar-refractivity contribution in [2.45, 2.75) is 13.1 Å². The van der Waals surface area contributed by atoms with E-state index in [2.05, 4.69) is 69.0 Å². The first-order valence-electron chi connectivity index (χ1n) is 9.05. The van der Waals surface area contributed by atoms with Crippen LogP contribution in [0.2, 0.25) is 0 Å². The van der Waals surface area contributed by atoms with Crippen molar-refractivity contribution in [3.05, 3.63) is 76.9 Å². The van der Waals surface area contributed by atoms with Gasteiger partial charge in [0, 0.05) is 35.1 Å². The number of nitrogens with one attached hydrogen (secondary N) is 1. The molecule has 0 amide bonds. The van der Waals surface area contributed by atoms with Gasteiger partial charge in [-0.05, 0) is 49.3 Å². The third kappa shape index (κ3) is 4.62. The molecule has 0 atom stereocenters. The van der Waals surface area contributed by atoms with Gasteiger partial charge in [0.25, 0.3) is 0 Å². The molecule has 0 aliphatic heterocycles. The van der Waals surface area contributed by atoms with Gasteiger partial charge in [0.05, 0.1) is 18.4 Å². The molecular formula is C21H22N6S. The molecule has 4 rings (SSSR count). The Morgan fingerprint density at radius 2 is 2.07 bits per heavy atom. The zero-order valence-corrected chi connectivity index (χ0v) is 16.7. The summed E-state index contributed by atoms with van der Waals surface area (Å²) in [6.45, 7) is 1.66. The zero-order valence-electron chi connectivity index (χ0n) is 15.9. The first-order valence-corrected chi connectivity index (χ1v) is 9.92. The molecular weight excluding hydrogens is 368 g/mol. The number of rotatable bonds is 7. The van der Waals surface area contributed by atoms with Crippen LogP contribution in [-0.4, -0.2) is 38.7 Å². The Hall–Kier alpha value is -3.03. The summed E-state index contributed by atoms with van der Waals surface area (Å²) < 4.78 is 1.93. The predicted octanol–water partition coefficient (Wildman–Crippen LogP) is 4.26. The van der Waals surface area contributed by atoms with Crippen molar-refractivity contribution in [2.75, 3.05) is 19.4 Å². The lowest BCUT2D eigenvalue weighted by molar-refractivity contribution is 0.402. The van der Waals surface area contributed by atoms with E-state index in [0.717, 1.165) is 30.0 Å². The van der Waals surface area contributed by atoms with E-state index >= 15 is 0 Å². The molecule has 0 aliphatic rings. The van der Waals surface area contributed by atoms with Crippen LogP contribution in [-0.2, 0) is 13.1 Å². The Morgan fingerprint density at radius 3 is 2.89 bits per heavy atom. The third-order valence-electron chi connectivity index (χ3n) is 4.16. The minimum Gasteiger partial charge on any atom is -0.324 e. The van der Waals surface area contributed by atoms with Crippen LogP contribution >= 0.6 is 11.3 Å². The molecule has 6 nitrogen and oxygen atoms in total. The third-order valence-corrected chi connectivity index (χ3v) is 5.03. The van der Waals surface area contributed by atoms with Crippen LogP contribution in [0.25, 0.3) is 11.3 Å². The molecule has 4 aromatic rings. The minimum atomic E-state index is 0.575. The van der Waals surface area contributed by atoms with E-state index in [9.17, 15) is 0 Å². The summed E-state index contributed by atoms with van der Waals surface area (Å²) in [7, 11) is 4.12. The molecule has 0 saturated heterocycles. The highest BCUT2D eigenvalue weighted by molar-refractivity contribution is 7.09. The summed E-state index contributed by atoms with van der Waals surface area (Å²) in [6, 6.07) is 14.4. The topological polar surface area (TPSA) is 58.9 Å². The number of hydrogen-bond donors (Lipinski definition) is 1. The van der Waals surface area contributed by atoms with E-state index in [1.807, 2.05) is 35.3 Å². The second-order valence-corrected chi connectivity index (χ2v) is 7.87. The number of aromatic nitrogens is 4. The summed E-state index contributed by atoms with van der Waals surface area (Å²) in [4.78, 5) is 12.4. The van der Waals surface area contributed by atoms with Crippen LogP contribution in [0.3, 0.4) is 0 Å². The molecule has 142 valence electrons. The van der Waals surface area contributed by atoms with Crippen molar-refractivity contribution >= 4 is 23.0 Å². The Morgan fingerprint density at radius 1 is 1.14 bits per heavy atom. The van der Waals surface area contributed by atoms with Gasteiger partial charge in [0.15, 0.2) is 0 Å². The van der Waals surface area contributed by atoms with E-state index in [1.54, 1.807) is 17.5 Å². The molecule has 3 heterocycles. The Labute approximate surface area is 168 Å². The fourth-order valence-electron chi connectivity index (χ4n) is 2.97. The minimum absolute atomic E-state index is 0.575. The first-order chi connectivity index (χ1) is 13.7. The van der Waals surface area contributed by atoms with E-state index in [1.165, 1.54) is 10.4 Å². The van der Waals surface area contributed by atoms with Crippen LogP contribution in [0, 0.1) is 0 Å². The fraction of sp³-hybridized carbons (Fsp3) is 0.190. The van der Waals surface area contributed by atoms with Crippen LogP contribution in [0.15, 0.2) is 66.4 Å². The van der Waals surface area contributed by atoms with Crippen molar-refractivity contribution in [3.8, 4) is 11.3 Å². The van der Waals surface area contributed by atoms with Gasteiger partial charge in [-0.3, -0.25) is 4.68 Å². The Balaban J connectivity index is 1.50.